The van der Waals surface area contributed by atoms with Crippen molar-refractivity contribution in [2.24, 2.45) is 7.05 Å². The second kappa shape index (κ2) is 4.86. The molecule has 0 bridgehead atoms. The molecule has 3 rings (SSSR count). The molecule has 0 radical (unpaired) electrons. The number of fused-ring (bicyclic) bond motifs is 1. The molecule has 0 unspecified atom stereocenters. The van der Waals surface area contributed by atoms with Gasteiger partial charge in [-0.05, 0) is 18.2 Å². The second-order valence-electron chi connectivity index (χ2n) is 4.52. The summed E-state index contributed by atoms with van der Waals surface area (Å²) in [6, 6.07) is 7.97. The SMILES string of the molecule is Cn1ccc(C(=O)OCN2C(=O)c3ccccc3C2=O)n1. The lowest BCUT2D eigenvalue weighted by molar-refractivity contribution is 0.0223. The summed E-state index contributed by atoms with van der Waals surface area (Å²) >= 11 is 0. The molecule has 0 N–H and O–H groups in total. The molecule has 7 heteroatoms. The molecule has 0 aliphatic carbocycles. The summed E-state index contributed by atoms with van der Waals surface area (Å²) in [4.78, 5) is 36.8. The van der Waals surface area contributed by atoms with Gasteiger partial charge in [-0.3, -0.25) is 14.3 Å². The van der Waals surface area contributed by atoms with Gasteiger partial charge in [0, 0.05) is 13.2 Å². The quantitative estimate of drug-likeness (QED) is 0.616. The Morgan fingerprint density at radius 1 is 1.14 bits per heavy atom. The summed E-state index contributed by atoms with van der Waals surface area (Å²) in [5, 5.41) is 3.89. The van der Waals surface area contributed by atoms with Crippen LogP contribution in [0, 0.1) is 0 Å². The highest BCUT2D eigenvalue weighted by Gasteiger charge is 2.35. The topological polar surface area (TPSA) is 81.5 Å². The average molecular weight is 285 g/mol. The molecule has 2 amide bonds. The lowest BCUT2D eigenvalue weighted by atomic mass is 10.1. The van der Waals surface area contributed by atoms with E-state index in [0.29, 0.717) is 11.1 Å². The normalized spacial score (nSPS) is 13.5. The molecule has 2 aromatic rings. The Bertz CT molecular complexity index is 715. The van der Waals surface area contributed by atoms with Crippen molar-refractivity contribution in [3.05, 3.63) is 53.3 Å². The van der Waals surface area contributed by atoms with Crippen LogP contribution < -0.4 is 0 Å². The van der Waals surface area contributed by atoms with Crippen LogP contribution in [0.5, 0.6) is 0 Å². The number of hydrogen-bond acceptors (Lipinski definition) is 5. The van der Waals surface area contributed by atoms with E-state index in [1.807, 2.05) is 0 Å². The molecule has 1 aromatic heterocycles. The fourth-order valence-corrected chi connectivity index (χ4v) is 2.08. The summed E-state index contributed by atoms with van der Waals surface area (Å²) in [5.74, 6) is -1.62. The van der Waals surface area contributed by atoms with E-state index < -0.39 is 24.5 Å². The van der Waals surface area contributed by atoms with E-state index in [0.717, 1.165) is 4.90 Å². The van der Waals surface area contributed by atoms with E-state index >= 15 is 0 Å². The summed E-state index contributed by atoms with van der Waals surface area (Å²) in [7, 11) is 1.67. The fraction of sp³-hybridized carbons (Fsp3) is 0.143. The Kier molecular flexibility index (Phi) is 3.02. The smallest absolute Gasteiger partial charge is 0.360 e. The molecule has 0 spiro atoms. The minimum absolute atomic E-state index is 0.120. The highest BCUT2D eigenvalue weighted by atomic mass is 16.5. The van der Waals surface area contributed by atoms with Crippen LogP contribution in [-0.2, 0) is 11.8 Å². The van der Waals surface area contributed by atoms with Crippen LogP contribution >= 0.6 is 0 Å². The summed E-state index contributed by atoms with van der Waals surface area (Å²) in [6.07, 6.45) is 1.60. The van der Waals surface area contributed by atoms with Crippen LogP contribution in [0.2, 0.25) is 0 Å². The van der Waals surface area contributed by atoms with Gasteiger partial charge >= 0.3 is 5.97 Å². The Balaban J connectivity index is 1.71. The number of carbonyl (C=O) groups is 3. The lowest BCUT2D eigenvalue weighted by Crippen LogP contribution is -2.33. The average Bonchev–Trinajstić information content (AvgIpc) is 3.02. The van der Waals surface area contributed by atoms with E-state index in [9.17, 15) is 14.4 Å². The standard InChI is InChI=1S/C14H11N3O4/c1-16-7-6-11(15-16)14(20)21-8-17-12(18)9-4-2-3-5-10(9)13(17)19/h2-7H,8H2,1H3. The third-order valence-corrected chi connectivity index (χ3v) is 3.13. The van der Waals surface area contributed by atoms with Crippen LogP contribution in [0.3, 0.4) is 0 Å². The first-order chi connectivity index (χ1) is 10.1. The number of benzene rings is 1. The Hall–Kier alpha value is -2.96. The van der Waals surface area contributed by atoms with Gasteiger partial charge in [-0.2, -0.15) is 5.10 Å². The van der Waals surface area contributed by atoms with E-state index in [4.69, 9.17) is 4.74 Å². The minimum atomic E-state index is -0.688. The molecule has 0 atom stereocenters. The lowest BCUT2D eigenvalue weighted by Gasteiger charge is -2.13. The second-order valence-corrected chi connectivity index (χ2v) is 4.52. The monoisotopic (exact) mass is 285 g/mol. The van der Waals surface area contributed by atoms with Gasteiger partial charge in [-0.25, -0.2) is 9.69 Å². The number of esters is 1. The zero-order valence-electron chi connectivity index (χ0n) is 11.1. The number of nitrogens with zero attached hydrogens (tertiary/aromatic N) is 3. The Morgan fingerprint density at radius 2 is 1.76 bits per heavy atom. The Morgan fingerprint density at radius 3 is 2.29 bits per heavy atom. The molecule has 0 fully saturated rings. The predicted octanol–water partition coefficient (Wildman–Crippen LogP) is 0.831. The number of carbonyl (C=O) groups excluding carboxylic acids is 3. The number of imide groups is 1. The van der Waals surface area contributed by atoms with E-state index in [2.05, 4.69) is 5.10 Å². The van der Waals surface area contributed by atoms with Crippen LogP contribution in [0.4, 0.5) is 0 Å². The van der Waals surface area contributed by atoms with Crippen molar-refractivity contribution < 1.29 is 19.1 Å². The maximum absolute atomic E-state index is 12.1. The molecular formula is C14H11N3O4. The predicted molar refractivity (Wildman–Crippen MR) is 70.4 cm³/mol. The first kappa shape index (κ1) is 13.0. The van der Waals surface area contributed by atoms with Crippen molar-refractivity contribution in [3.63, 3.8) is 0 Å². The van der Waals surface area contributed by atoms with Gasteiger partial charge in [0.1, 0.15) is 0 Å². The zero-order valence-corrected chi connectivity index (χ0v) is 11.1. The van der Waals surface area contributed by atoms with Crippen LogP contribution in [0.25, 0.3) is 0 Å². The molecule has 2 heterocycles. The van der Waals surface area contributed by atoms with Gasteiger partial charge in [-0.1, -0.05) is 12.1 Å². The first-order valence-corrected chi connectivity index (χ1v) is 6.20. The highest BCUT2D eigenvalue weighted by Crippen LogP contribution is 2.22. The fourth-order valence-electron chi connectivity index (χ4n) is 2.08. The minimum Gasteiger partial charge on any atom is -0.439 e. The first-order valence-electron chi connectivity index (χ1n) is 6.20. The largest absolute Gasteiger partial charge is 0.439 e. The highest BCUT2D eigenvalue weighted by molar-refractivity contribution is 6.21. The summed E-state index contributed by atoms with van der Waals surface area (Å²) in [5.41, 5.74) is 0.752. The number of ether oxygens (including phenoxy) is 1. The molecule has 0 saturated heterocycles. The third-order valence-electron chi connectivity index (χ3n) is 3.13. The maximum atomic E-state index is 12.1. The van der Waals surface area contributed by atoms with Gasteiger partial charge in [0.05, 0.1) is 11.1 Å². The van der Waals surface area contributed by atoms with Crippen molar-refractivity contribution in [1.82, 2.24) is 14.7 Å². The van der Waals surface area contributed by atoms with Crippen molar-refractivity contribution in [1.29, 1.82) is 0 Å². The number of rotatable bonds is 3. The van der Waals surface area contributed by atoms with Gasteiger partial charge in [0.15, 0.2) is 12.4 Å². The van der Waals surface area contributed by atoms with Crippen LogP contribution in [0.15, 0.2) is 36.5 Å². The van der Waals surface area contributed by atoms with Gasteiger partial charge in [0.25, 0.3) is 11.8 Å². The van der Waals surface area contributed by atoms with Gasteiger partial charge in [-0.15, -0.1) is 0 Å². The van der Waals surface area contributed by atoms with Crippen molar-refractivity contribution in [2.45, 2.75) is 0 Å². The van der Waals surface area contributed by atoms with Gasteiger partial charge < -0.3 is 4.74 Å². The maximum Gasteiger partial charge on any atom is 0.360 e. The Labute approximate surface area is 119 Å². The number of aromatic nitrogens is 2. The molecule has 106 valence electrons. The molecule has 7 nitrogen and oxygen atoms in total. The molecule has 1 aliphatic heterocycles. The molecule has 1 aliphatic rings. The van der Waals surface area contributed by atoms with Crippen molar-refractivity contribution in [2.75, 3.05) is 6.73 Å². The zero-order chi connectivity index (χ0) is 15.0. The molecular weight excluding hydrogens is 274 g/mol. The van der Waals surface area contributed by atoms with Gasteiger partial charge in [0.2, 0.25) is 0 Å². The van der Waals surface area contributed by atoms with Crippen molar-refractivity contribution >= 4 is 17.8 Å². The summed E-state index contributed by atoms with van der Waals surface area (Å²) < 4.78 is 6.42. The third kappa shape index (κ3) is 2.18. The van der Waals surface area contributed by atoms with Crippen LogP contribution in [-0.4, -0.2) is 39.2 Å². The number of amides is 2. The molecule has 1 aromatic carbocycles. The number of aryl methyl sites for hydroxylation is 1. The summed E-state index contributed by atoms with van der Waals surface area (Å²) in [6.45, 7) is -0.429. The van der Waals surface area contributed by atoms with E-state index in [-0.39, 0.29) is 5.69 Å². The van der Waals surface area contributed by atoms with E-state index in [1.54, 1.807) is 37.5 Å². The molecule has 21 heavy (non-hydrogen) atoms. The van der Waals surface area contributed by atoms with Crippen molar-refractivity contribution in [3.8, 4) is 0 Å². The van der Waals surface area contributed by atoms with Crippen LogP contribution in [0.1, 0.15) is 31.2 Å². The van der Waals surface area contributed by atoms with E-state index in [1.165, 1.54) is 10.7 Å². The molecule has 0 saturated carbocycles. The number of hydrogen-bond donors (Lipinski definition) is 0.